The molecule has 6 heteroatoms. The van der Waals surface area contributed by atoms with E-state index in [4.69, 9.17) is 11.6 Å². The van der Waals surface area contributed by atoms with Crippen LogP contribution in [0.2, 0.25) is 5.02 Å². The van der Waals surface area contributed by atoms with Crippen LogP contribution in [0.1, 0.15) is 24.0 Å². The lowest BCUT2D eigenvalue weighted by Gasteiger charge is -2.29. The van der Waals surface area contributed by atoms with Gasteiger partial charge in [0, 0.05) is 35.9 Å². The molecular formula is C24H21ClF2N2S. The van der Waals surface area contributed by atoms with Gasteiger partial charge in [-0.3, -0.25) is 0 Å². The zero-order valence-corrected chi connectivity index (χ0v) is 17.8. The first-order valence-electron chi connectivity index (χ1n) is 9.76. The van der Waals surface area contributed by atoms with Gasteiger partial charge in [-0.15, -0.1) is 0 Å². The number of hydrogen-bond donors (Lipinski definition) is 1. The smallest absolute Gasteiger partial charge is 0.123 e. The fourth-order valence-electron chi connectivity index (χ4n) is 3.56. The Hall–Kier alpha value is -2.34. The number of piperidine rings is 1. The summed E-state index contributed by atoms with van der Waals surface area (Å²) >= 11 is 7.51. The minimum absolute atomic E-state index is 0.268. The molecule has 1 aliphatic rings. The molecular weight excluding hydrogens is 422 g/mol. The van der Waals surface area contributed by atoms with Crippen molar-refractivity contribution in [2.75, 3.05) is 17.8 Å². The summed E-state index contributed by atoms with van der Waals surface area (Å²) in [5.41, 5.74) is 5.17. The standard InChI is InChI=1S/C24H21ClF2N2S/c25-20-7-13-23(14-8-20)28-30-29-15-1-2-19(16-29)24(17-3-9-21(26)10-4-17)18-5-11-22(27)12-6-18/h3-14,28H,1-2,15-16H2. The Bertz CT molecular complexity index is 971. The highest BCUT2D eigenvalue weighted by Crippen LogP contribution is 2.34. The summed E-state index contributed by atoms with van der Waals surface area (Å²) in [7, 11) is 0. The molecule has 1 saturated heterocycles. The second-order valence-corrected chi connectivity index (χ2v) is 8.50. The second kappa shape index (κ2) is 9.65. The van der Waals surface area contributed by atoms with E-state index >= 15 is 0 Å². The first-order valence-corrected chi connectivity index (χ1v) is 10.9. The molecule has 0 bridgehead atoms. The number of halogens is 3. The highest BCUT2D eigenvalue weighted by Gasteiger charge is 2.20. The number of nitrogens with zero attached hydrogens (tertiary/aromatic N) is 1. The van der Waals surface area contributed by atoms with Crippen molar-refractivity contribution in [2.24, 2.45) is 0 Å². The van der Waals surface area contributed by atoms with E-state index in [2.05, 4.69) is 9.03 Å². The Kier molecular flexibility index (Phi) is 6.72. The van der Waals surface area contributed by atoms with E-state index in [1.807, 2.05) is 24.3 Å². The van der Waals surface area contributed by atoms with Crippen LogP contribution >= 0.6 is 23.7 Å². The maximum atomic E-state index is 13.5. The average molecular weight is 443 g/mol. The monoisotopic (exact) mass is 442 g/mol. The van der Waals surface area contributed by atoms with Crippen molar-refractivity contribution in [3.63, 3.8) is 0 Å². The molecule has 0 unspecified atom stereocenters. The van der Waals surface area contributed by atoms with Crippen LogP contribution in [0, 0.1) is 11.6 Å². The highest BCUT2D eigenvalue weighted by molar-refractivity contribution is 7.98. The van der Waals surface area contributed by atoms with Crippen molar-refractivity contribution in [3.05, 3.63) is 106 Å². The van der Waals surface area contributed by atoms with Gasteiger partial charge < -0.3 is 4.72 Å². The molecule has 4 rings (SSSR count). The molecule has 1 aliphatic heterocycles. The first-order chi connectivity index (χ1) is 14.6. The van der Waals surface area contributed by atoms with Crippen LogP contribution in [-0.2, 0) is 0 Å². The molecule has 0 amide bonds. The van der Waals surface area contributed by atoms with Gasteiger partial charge in [-0.2, -0.15) is 0 Å². The van der Waals surface area contributed by atoms with Gasteiger partial charge in [-0.05, 0) is 83.6 Å². The van der Waals surface area contributed by atoms with Crippen molar-refractivity contribution in [2.45, 2.75) is 12.8 Å². The van der Waals surface area contributed by atoms with E-state index in [0.717, 1.165) is 48.3 Å². The average Bonchev–Trinajstić information content (AvgIpc) is 2.77. The van der Waals surface area contributed by atoms with Crippen molar-refractivity contribution >= 4 is 35.0 Å². The van der Waals surface area contributed by atoms with Crippen LogP contribution < -0.4 is 4.72 Å². The van der Waals surface area contributed by atoms with Crippen LogP contribution in [0.5, 0.6) is 0 Å². The zero-order chi connectivity index (χ0) is 20.9. The molecule has 0 saturated carbocycles. The van der Waals surface area contributed by atoms with Gasteiger partial charge in [-0.1, -0.05) is 35.9 Å². The molecule has 0 aliphatic carbocycles. The second-order valence-electron chi connectivity index (χ2n) is 7.16. The number of anilines is 1. The number of hydrogen-bond acceptors (Lipinski definition) is 3. The Morgan fingerprint density at radius 3 is 1.97 bits per heavy atom. The third-order valence-electron chi connectivity index (χ3n) is 5.01. The molecule has 3 aromatic rings. The van der Waals surface area contributed by atoms with Gasteiger partial charge in [0.2, 0.25) is 0 Å². The summed E-state index contributed by atoms with van der Waals surface area (Å²) in [5, 5.41) is 0.706. The number of benzene rings is 3. The highest BCUT2D eigenvalue weighted by atomic mass is 35.5. The summed E-state index contributed by atoms with van der Waals surface area (Å²) in [6.07, 6.45) is 1.96. The molecule has 2 nitrogen and oxygen atoms in total. The van der Waals surface area contributed by atoms with Gasteiger partial charge in [0.05, 0.1) is 0 Å². The Morgan fingerprint density at radius 1 is 0.833 bits per heavy atom. The summed E-state index contributed by atoms with van der Waals surface area (Å²) < 4.78 is 32.6. The third kappa shape index (κ3) is 5.22. The minimum Gasteiger partial charge on any atom is -0.317 e. The fraction of sp³-hybridized carbons (Fsp3) is 0.167. The molecule has 0 spiro atoms. The molecule has 30 heavy (non-hydrogen) atoms. The molecule has 0 atom stereocenters. The van der Waals surface area contributed by atoms with Gasteiger partial charge in [0.1, 0.15) is 11.6 Å². The lowest BCUT2D eigenvalue weighted by Crippen LogP contribution is -2.27. The van der Waals surface area contributed by atoms with E-state index in [9.17, 15) is 8.78 Å². The number of nitrogens with one attached hydrogen (secondary N) is 1. The molecule has 0 radical (unpaired) electrons. The number of rotatable bonds is 5. The normalized spacial score (nSPS) is 14.6. The lowest BCUT2D eigenvalue weighted by atomic mass is 9.89. The van der Waals surface area contributed by atoms with Crippen LogP contribution in [0.3, 0.4) is 0 Å². The third-order valence-corrected chi connectivity index (χ3v) is 6.16. The summed E-state index contributed by atoms with van der Waals surface area (Å²) in [6, 6.07) is 20.6. The van der Waals surface area contributed by atoms with Gasteiger partial charge in [0.15, 0.2) is 0 Å². The Balaban J connectivity index is 1.60. The molecule has 0 aromatic heterocycles. The molecule has 1 N–H and O–H groups in total. The molecule has 3 aromatic carbocycles. The maximum absolute atomic E-state index is 13.5. The summed E-state index contributed by atoms with van der Waals surface area (Å²) in [4.78, 5) is 0. The van der Waals surface area contributed by atoms with Crippen LogP contribution in [-0.4, -0.2) is 17.4 Å². The van der Waals surface area contributed by atoms with E-state index in [-0.39, 0.29) is 11.6 Å². The maximum Gasteiger partial charge on any atom is 0.123 e. The van der Waals surface area contributed by atoms with Crippen LogP contribution in [0.15, 0.2) is 78.4 Å². The van der Waals surface area contributed by atoms with Crippen LogP contribution in [0.25, 0.3) is 5.57 Å². The van der Waals surface area contributed by atoms with Crippen molar-refractivity contribution in [3.8, 4) is 0 Å². The predicted octanol–water partition coefficient (Wildman–Crippen LogP) is 7.19. The van der Waals surface area contributed by atoms with Gasteiger partial charge in [-0.25, -0.2) is 13.1 Å². The lowest BCUT2D eigenvalue weighted by molar-refractivity contribution is 0.445. The SMILES string of the molecule is Fc1ccc(C(=C2CCCN(SNc3ccc(Cl)cc3)C2)c2ccc(F)cc2)cc1. The van der Waals surface area contributed by atoms with E-state index < -0.39 is 0 Å². The molecule has 154 valence electrons. The van der Waals surface area contributed by atoms with Crippen molar-refractivity contribution in [1.29, 1.82) is 0 Å². The quantitative estimate of drug-likeness (QED) is 0.421. The van der Waals surface area contributed by atoms with Crippen molar-refractivity contribution in [1.82, 2.24) is 4.31 Å². The van der Waals surface area contributed by atoms with E-state index in [1.165, 1.54) is 29.8 Å². The van der Waals surface area contributed by atoms with Crippen molar-refractivity contribution < 1.29 is 8.78 Å². The van der Waals surface area contributed by atoms with Gasteiger partial charge >= 0.3 is 0 Å². The Morgan fingerprint density at radius 2 is 1.40 bits per heavy atom. The van der Waals surface area contributed by atoms with E-state index in [1.54, 1.807) is 36.4 Å². The minimum atomic E-state index is -0.268. The first kappa shape index (κ1) is 20.9. The summed E-state index contributed by atoms with van der Waals surface area (Å²) in [6.45, 7) is 1.71. The topological polar surface area (TPSA) is 15.3 Å². The Labute approximate surface area is 184 Å². The predicted molar refractivity (Wildman–Crippen MR) is 122 cm³/mol. The zero-order valence-electron chi connectivity index (χ0n) is 16.2. The van der Waals surface area contributed by atoms with Crippen LogP contribution in [0.4, 0.5) is 14.5 Å². The molecule has 1 fully saturated rings. The largest absolute Gasteiger partial charge is 0.317 e. The van der Waals surface area contributed by atoms with E-state index in [0.29, 0.717) is 5.02 Å². The fourth-order valence-corrected chi connectivity index (χ4v) is 4.50. The molecule has 1 heterocycles. The van der Waals surface area contributed by atoms with Gasteiger partial charge in [0.25, 0.3) is 0 Å². The summed E-state index contributed by atoms with van der Waals surface area (Å²) in [5.74, 6) is -0.537.